The van der Waals surface area contributed by atoms with Gasteiger partial charge in [0.1, 0.15) is 10.0 Å². The van der Waals surface area contributed by atoms with E-state index in [1.54, 1.807) is 30.5 Å². The van der Waals surface area contributed by atoms with E-state index in [1.165, 1.54) is 12.8 Å². The molecule has 1 aliphatic carbocycles. The van der Waals surface area contributed by atoms with Crippen LogP contribution in [0.4, 0.5) is 11.6 Å². The Balaban J connectivity index is 1.59. The molecule has 0 atom stereocenters. The number of rotatable bonds is 11. The predicted molar refractivity (Wildman–Crippen MR) is 125 cm³/mol. The van der Waals surface area contributed by atoms with E-state index in [2.05, 4.69) is 30.2 Å². The minimum atomic E-state index is -3.55. The molecule has 0 aliphatic heterocycles. The summed E-state index contributed by atoms with van der Waals surface area (Å²) in [5.74, 6) is 2.12. The van der Waals surface area contributed by atoms with Crippen LogP contribution in [0.2, 0.25) is 0 Å². The van der Waals surface area contributed by atoms with Crippen LogP contribution in [0.25, 0.3) is 16.8 Å². The van der Waals surface area contributed by atoms with Crippen LogP contribution in [-0.2, 0) is 10.0 Å². The standard InChI is InChI=1S/C21H26N6O3S2/c1-2-3-10-23-32(29,30)19-9-8-17(31-19)21-22-13-15(5-4-11-28)20(25-21)24-18-12-16(26-27-18)14-6-7-14/h4-5,8-9,12-14,23,28H,2-3,6-7,10-11H2,1H3,(H2,22,24,25,26,27). The summed E-state index contributed by atoms with van der Waals surface area (Å²) in [5.41, 5.74) is 1.78. The molecule has 0 aromatic carbocycles. The van der Waals surface area contributed by atoms with Crippen LogP contribution in [0, 0.1) is 0 Å². The third-order valence-electron chi connectivity index (χ3n) is 4.97. The lowest BCUT2D eigenvalue weighted by Gasteiger charge is -2.08. The van der Waals surface area contributed by atoms with Crippen LogP contribution < -0.4 is 10.0 Å². The molecule has 3 heterocycles. The van der Waals surface area contributed by atoms with Gasteiger partial charge in [-0.05, 0) is 31.4 Å². The number of aromatic nitrogens is 4. The molecule has 0 spiro atoms. The van der Waals surface area contributed by atoms with Gasteiger partial charge >= 0.3 is 0 Å². The maximum Gasteiger partial charge on any atom is 0.250 e. The topological polar surface area (TPSA) is 133 Å². The molecule has 3 aromatic rings. The van der Waals surface area contributed by atoms with Crippen molar-refractivity contribution in [1.29, 1.82) is 0 Å². The van der Waals surface area contributed by atoms with E-state index in [9.17, 15) is 8.42 Å². The first-order valence-corrected chi connectivity index (χ1v) is 12.9. The Hall–Kier alpha value is -2.60. The van der Waals surface area contributed by atoms with E-state index < -0.39 is 10.0 Å². The number of anilines is 2. The van der Waals surface area contributed by atoms with E-state index in [4.69, 9.17) is 5.11 Å². The first kappa shape index (κ1) is 22.6. The van der Waals surface area contributed by atoms with Gasteiger partial charge in [-0.3, -0.25) is 5.10 Å². The fourth-order valence-corrected chi connectivity index (χ4v) is 5.44. The van der Waals surface area contributed by atoms with Crippen LogP contribution in [0.1, 0.15) is 49.8 Å². The SMILES string of the molecule is CCCCNS(=O)(=O)c1ccc(-c2ncc(C=CCO)c(Nc3cc(C4CC4)[nH]n3)n2)s1. The number of hydrogen-bond acceptors (Lipinski definition) is 8. The number of aliphatic hydroxyl groups is 1. The summed E-state index contributed by atoms with van der Waals surface area (Å²) in [4.78, 5) is 9.66. The summed E-state index contributed by atoms with van der Waals surface area (Å²) in [6.45, 7) is 2.32. The third-order valence-corrected chi connectivity index (χ3v) is 8.00. The van der Waals surface area contributed by atoms with E-state index in [0.29, 0.717) is 40.4 Å². The second-order valence-corrected chi connectivity index (χ2v) is 10.6. The first-order chi connectivity index (χ1) is 15.5. The van der Waals surface area contributed by atoms with Gasteiger partial charge in [0.25, 0.3) is 0 Å². The maximum atomic E-state index is 12.5. The molecule has 32 heavy (non-hydrogen) atoms. The average Bonchev–Trinajstić information content (AvgIpc) is 3.31. The van der Waals surface area contributed by atoms with Gasteiger partial charge < -0.3 is 10.4 Å². The van der Waals surface area contributed by atoms with E-state index in [0.717, 1.165) is 29.9 Å². The molecule has 0 radical (unpaired) electrons. The molecule has 3 aromatic heterocycles. The summed E-state index contributed by atoms with van der Waals surface area (Å²) in [6, 6.07) is 5.25. The normalized spacial score (nSPS) is 14.3. The molecule has 0 unspecified atom stereocenters. The summed E-state index contributed by atoms with van der Waals surface area (Å²) in [7, 11) is -3.55. The monoisotopic (exact) mass is 474 g/mol. The zero-order valence-electron chi connectivity index (χ0n) is 17.7. The van der Waals surface area contributed by atoms with Crippen molar-refractivity contribution in [2.45, 2.75) is 42.7 Å². The van der Waals surface area contributed by atoms with Crippen LogP contribution >= 0.6 is 11.3 Å². The summed E-state index contributed by atoms with van der Waals surface area (Å²) in [6.07, 6.45) is 9.00. The number of aromatic amines is 1. The second kappa shape index (κ2) is 9.90. The van der Waals surface area contributed by atoms with Crippen LogP contribution in [-0.4, -0.2) is 46.8 Å². The molecule has 4 N–H and O–H groups in total. The van der Waals surface area contributed by atoms with Crippen molar-refractivity contribution in [3.8, 4) is 10.7 Å². The largest absolute Gasteiger partial charge is 0.392 e. The summed E-state index contributed by atoms with van der Waals surface area (Å²) >= 11 is 1.12. The third kappa shape index (κ3) is 5.41. The number of unbranched alkanes of at least 4 members (excludes halogenated alkanes) is 1. The van der Waals surface area contributed by atoms with Crippen molar-refractivity contribution in [1.82, 2.24) is 24.9 Å². The highest BCUT2D eigenvalue weighted by Gasteiger charge is 2.25. The molecule has 1 aliphatic rings. The van der Waals surface area contributed by atoms with Gasteiger partial charge in [-0.15, -0.1) is 11.3 Å². The minimum Gasteiger partial charge on any atom is -0.392 e. The van der Waals surface area contributed by atoms with Gasteiger partial charge in [-0.1, -0.05) is 25.5 Å². The Kier molecular flexibility index (Phi) is 6.99. The van der Waals surface area contributed by atoms with Crippen molar-refractivity contribution in [2.24, 2.45) is 0 Å². The van der Waals surface area contributed by atoms with Gasteiger partial charge in [0.05, 0.1) is 11.5 Å². The fourth-order valence-electron chi connectivity index (χ4n) is 3.08. The Labute approximate surface area is 191 Å². The maximum absolute atomic E-state index is 12.5. The number of aliphatic hydroxyl groups excluding tert-OH is 1. The zero-order chi connectivity index (χ0) is 22.6. The molecular weight excluding hydrogens is 448 g/mol. The quantitative estimate of drug-likeness (QED) is 0.312. The molecule has 11 heteroatoms. The van der Waals surface area contributed by atoms with Gasteiger partial charge in [0, 0.05) is 36.0 Å². The lowest BCUT2D eigenvalue weighted by molar-refractivity contribution is 0.343. The minimum absolute atomic E-state index is 0.105. The smallest absolute Gasteiger partial charge is 0.250 e. The number of sulfonamides is 1. The number of hydrogen-bond donors (Lipinski definition) is 4. The number of H-pyrrole nitrogens is 1. The molecule has 0 saturated heterocycles. The summed E-state index contributed by atoms with van der Waals surface area (Å²) in [5, 5.41) is 19.7. The second-order valence-electron chi connectivity index (χ2n) is 7.56. The zero-order valence-corrected chi connectivity index (χ0v) is 19.3. The first-order valence-electron chi connectivity index (χ1n) is 10.6. The molecule has 0 bridgehead atoms. The van der Waals surface area contributed by atoms with Crippen molar-refractivity contribution >= 4 is 39.1 Å². The van der Waals surface area contributed by atoms with Crippen LogP contribution in [0.5, 0.6) is 0 Å². The van der Waals surface area contributed by atoms with Gasteiger partial charge in [-0.2, -0.15) is 5.10 Å². The highest BCUT2D eigenvalue weighted by molar-refractivity contribution is 7.91. The van der Waals surface area contributed by atoms with Crippen molar-refractivity contribution in [3.63, 3.8) is 0 Å². The van der Waals surface area contributed by atoms with Gasteiger partial charge in [0.15, 0.2) is 11.6 Å². The van der Waals surface area contributed by atoms with E-state index in [-0.39, 0.29) is 10.8 Å². The van der Waals surface area contributed by atoms with Crippen LogP contribution in [0.15, 0.2) is 34.7 Å². The fraction of sp³-hybridized carbons (Fsp3) is 0.381. The highest BCUT2D eigenvalue weighted by atomic mass is 32.2. The van der Waals surface area contributed by atoms with Crippen molar-refractivity contribution in [3.05, 3.63) is 41.7 Å². The molecule has 9 nitrogen and oxygen atoms in total. The molecule has 1 saturated carbocycles. The van der Waals surface area contributed by atoms with E-state index in [1.807, 2.05) is 13.0 Å². The van der Waals surface area contributed by atoms with Crippen molar-refractivity contribution < 1.29 is 13.5 Å². The lowest BCUT2D eigenvalue weighted by Crippen LogP contribution is -2.23. The molecule has 4 rings (SSSR count). The molecular formula is C21H26N6O3S2. The molecule has 0 amide bonds. The molecule has 1 fully saturated rings. The van der Waals surface area contributed by atoms with Crippen molar-refractivity contribution in [2.75, 3.05) is 18.5 Å². The Morgan fingerprint density at radius 3 is 2.94 bits per heavy atom. The summed E-state index contributed by atoms with van der Waals surface area (Å²) < 4.78 is 27.8. The number of nitrogens with zero attached hydrogens (tertiary/aromatic N) is 3. The number of nitrogens with one attached hydrogen (secondary N) is 3. The lowest BCUT2D eigenvalue weighted by atomic mass is 10.2. The average molecular weight is 475 g/mol. The Morgan fingerprint density at radius 1 is 1.34 bits per heavy atom. The highest BCUT2D eigenvalue weighted by Crippen LogP contribution is 2.39. The van der Waals surface area contributed by atoms with Gasteiger partial charge in [-0.25, -0.2) is 23.1 Å². The van der Waals surface area contributed by atoms with E-state index >= 15 is 0 Å². The predicted octanol–water partition coefficient (Wildman–Crippen LogP) is 3.63. The number of thiophene rings is 1. The van der Waals surface area contributed by atoms with Gasteiger partial charge in [0.2, 0.25) is 10.0 Å². The Bertz CT molecular complexity index is 1200. The Morgan fingerprint density at radius 2 is 2.19 bits per heavy atom. The molecule has 170 valence electrons. The van der Waals surface area contributed by atoms with Crippen LogP contribution in [0.3, 0.4) is 0 Å².